The third kappa shape index (κ3) is 6.72. The van der Waals surface area contributed by atoms with Gasteiger partial charge >= 0.3 is 5.69 Å². The molecule has 9 nitrogen and oxygen atoms in total. The monoisotopic (exact) mass is 377 g/mol. The number of hydrogen-bond acceptors (Lipinski definition) is 6. The van der Waals surface area contributed by atoms with Crippen LogP contribution in [-0.4, -0.2) is 59.1 Å². The highest BCUT2D eigenvalue weighted by atomic mass is 32.2. The van der Waals surface area contributed by atoms with E-state index in [0.717, 1.165) is 6.08 Å². The lowest BCUT2D eigenvalue weighted by Crippen LogP contribution is -2.41. The second-order valence-corrected chi connectivity index (χ2v) is 8.27. The Kier molecular flexibility index (Phi) is 7.95. The summed E-state index contributed by atoms with van der Waals surface area (Å²) in [7, 11) is -2.68. The lowest BCUT2D eigenvalue weighted by Gasteiger charge is -2.14. The van der Waals surface area contributed by atoms with Crippen LogP contribution in [0.2, 0.25) is 0 Å². The SMILES string of the molecule is Cc1[nH]c(=O)[nH]c(=O)c1/C=C\C(=O)N[C@@H](CO)C[S@@](=O)C[S@](C)=O. The van der Waals surface area contributed by atoms with Crippen LogP contribution < -0.4 is 16.6 Å². The van der Waals surface area contributed by atoms with Crippen LogP contribution in [0.15, 0.2) is 15.7 Å². The zero-order valence-corrected chi connectivity index (χ0v) is 14.8. The predicted molar refractivity (Wildman–Crippen MR) is 92.4 cm³/mol. The van der Waals surface area contributed by atoms with Crippen LogP contribution in [0.3, 0.4) is 0 Å². The van der Waals surface area contributed by atoms with Crippen LogP contribution in [0.4, 0.5) is 0 Å². The fraction of sp³-hybridized carbons (Fsp3) is 0.462. The fourth-order valence-electron chi connectivity index (χ4n) is 1.82. The number of aliphatic hydroxyl groups is 1. The minimum atomic E-state index is -1.44. The lowest BCUT2D eigenvalue weighted by molar-refractivity contribution is -0.117. The van der Waals surface area contributed by atoms with Gasteiger partial charge < -0.3 is 15.4 Å². The van der Waals surface area contributed by atoms with Gasteiger partial charge in [-0.05, 0) is 13.0 Å². The number of carbonyl (C=O) groups excluding carboxylic acids is 1. The number of aliphatic hydroxyl groups excluding tert-OH is 1. The van der Waals surface area contributed by atoms with Crippen LogP contribution in [0, 0.1) is 6.92 Å². The summed E-state index contributed by atoms with van der Waals surface area (Å²) in [6, 6.07) is -0.763. The van der Waals surface area contributed by atoms with E-state index in [2.05, 4.69) is 10.3 Å². The third-order valence-electron chi connectivity index (χ3n) is 2.83. The topological polar surface area (TPSA) is 149 Å². The van der Waals surface area contributed by atoms with E-state index in [0.29, 0.717) is 5.69 Å². The minimum Gasteiger partial charge on any atom is -0.394 e. The van der Waals surface area contributed by atoms with Gasteiger partial charge in [-0.3, -0.25) is 23.0 Å². The van der Waals surface area contributed by atoms with E-state index in [1.807, 2.05) is 4.98 Å². The number of amides is 1. The number of rotatable bonds is 8. The van der Waals surface area contributed by atoms with E-state index in [1.165, 1.54) is 19.3 Å². The van der Waals surface area contributed by atoms with Gasteiger partial charge in [0.15, 0.2) is 0 Å². The molecule has 1 heterocycles. The van der Waals surface area contributed by atoms with E-state index in [1.54, 1.807) is 0 Å². The van der Waals surface area contributed by atoms with Crippen LogP contribution >= 0.6 is 0 Å². The molecule has 0 saturated carbocycles. The molecule has 4 N–H and O–H groups in total. The standard InChI is InChI=1S/C13H19N3O6S2/c1-8-10(12(19)16-13(20)14-8)3-4-11(18)15-9(5-17)6-24(22)7-23(2)21/h3-4,9,17H,5-7H2,1-2H3,(H,15,18)(H2,14,16,19,20)/b4-3-/t9-,23-,24+/m0/s1. The molecule has 1 aromatic rings. The minimum absolute atomic E-state index is 0.0336. The van der Waals surface area contributed by atoms with Gasteiger partial charge in [0.2, 0.25) is 5.91 Å². The number of aromatic nitrogens is 2. The molecule has 0 aliphatic carbocycles. The third-order valence-corrected chi connectivity index (χ3v) is 5.98. The fourth-order valence-corrected chi connectivity index (χ4v) is 4.32. The Morgan fingerprint density at radius 1 is 1.33 bits per heavy atom. The van der Waals surface area contributed by atoms with Crippen molar-refractivity contribution in [2.45, 2.75) is 13.0 Å². The van der Waals surface area contributed by atoms with Gasteiger partial charge in [0.1, 0.15) is 0 Å². The highest BCUT2D eigenvalue weighted by Crippen LogP contribution is 1.98. The number of carbonyl (C=O) groups is 1. The van der Waals surface area contributed by atoms with E-state index in [9.17, 15) is 27.9 Å². The predicted octanol–water partition coefficient (Wildman–Crippen LogP) is -2.05. The van der Waals surface area contributed by atoms with Crippen molar-refractivity contribution in [3.63, 3.8) is 0 Å². The molecule has 1 amide bonds. The molecule has 134 valence electrons. The van der Waals surface area contributed by atoms with Crippen LogP contribution in [0.25, 0.3) is 6.08 Å². The average molecular weight is 377 g/mol. The van der Waals surface area contributed by atoms with Crippen LogP contribution in [0.1, 0.15) is 11.3 Å². The largest absolute Gasteiger partial charge is 0.394 e. The van der Waals surface area contributed by atoms with Crippen molar-refractivity contribution in [1.82, 2.24) is 15.3 Å². The highest BCUT2D eigenvalue weighted by molar-refractivity contribution is 8.01. The Morgan fingerprint density at radius 3 is 2.54 bits per heavy atom. The molecular formula is C13H19N3O6S2. The Bertz CT molecular complexity index is 783. The number of aryl methyl sites for hydroxylation is 1. The molecule has 0 saturated heterocycles. The van der Waals surface area contributed by atoms with Crippen molar-refractivity contribution in [3.05, 3.63) is 38.2 Å². The Hall–Kier alpha value is -1.85. The number of hydrogen-bond donors (Lipinski definition) is 4. The Morgan fingerprint density at radius 2 is 2.00 bits per heavy atom. The van der Waals surface area contributed by atoms with Crippen molar-refractivity contribution in [3.8, 4) is 0 Å². The lowest BCUT2D eigenvalue weighted by atomic mass is 10.2. The maximum atomic E-state index is 11.8. The molecule has 1 rings (SSSR count). The van der Waals surface area contributed by atoms with Gasteiger partial charge in [-0.2, -0.15) is 0 Å². The first-order valence-electron chi connectivity index (χ1n) is 6.80. The Labute approximate surface area is 142 Å². The molecule has 1 aromatic heterocycles. The summed E-state index contributed by atoms with van der Waals surface area (Å²) in [5, 5.41) is 11.6. The van der Waals surface area contributed by atoms with Gasteiger partial charge in [-0.15, -0.1) is 0 Å². The van der Waals surface area contributed by atoms with Gasteiger partial charge in [0.05, 0.1) is 23.3 Å². The molecule has 0 aromatic carbocycles. The molecule has 0 bridgehead atoms. The highest BCUT2D eigenvalue weighted by Gasteiger charge is 2.14. The second kappa shape index (κ2) is 9.45. The van der Waals surface area contributed by atoms with E-state index < -0.39 is 51.4 Å². The molecular weight excluding hydrogens is 358 g/mol. The van der Waals surface area contributed by atoms with Crippen LogP contribution in [-0.2, 0) is 26.4 Å². The van der Waals surface area contributed by atoms with Crippen molar-refractivity contribution in [2.75, 3.05) is 23.7 Å². The zero-order valence-electron chi connectivity index (χ0n) is 13.2. The molecule has 0 spiro atoms. The number of aromatic amines is 2. The van der Waals surface area contributed by atoms with E-state index >= 15 is 0 Å². The molecule has 0 fully saturated rings. The van der Waals surface area contributed by atoms with Crippen molar-refractivity contribution in [2.24, 2.45) is 0 Å². The number of H-pyrrole nitrogens is 2. The van der Waals surface area contributed by atoms with Gasteiger partial charge in [0.25, 0.3) is 5.56 Å². The number of nitrogens with one attached hydrogen (secondary N) is 3. The maximum absolute atomic E-state index is 11.8. The summed E-state index contributed by atoms with van der Waals surface area (Å²) in [5.74, 6) is -0.637. The molecule has 11 heteroatoms. The first-order valence-corrected chi connectivity index (χ1v) is 10.0. The molecule has 0 aliphatic rings. The molecule has 0 aliphatic heterocycles. The Balaban J connectivity index is 2.74. The second-order valence-electron chi connectivity index (χ2n) is 4.97. The summed E-state index contributed by atoms with van der Waals surface area (Å²) in [5.41, 5.74) is -0.853. The van der Waals surface area contributed by atoms with Crippen LogP contribution in [0.5, 0.6) is 0 Å². The molecule has 3 atom stereocenters. The molecule has 0 radical (unpaired) electrons. The quantitative estimate of drug-likeness (QED) is 0.383. The summed E-state index contributed by atoms with van der Waals surface area (Å²) in [4.78, 5) is 39.0. The first-order chi connectivity index (χ1) is 11.2. The first kappa shape index (κ1) is 20.2. The molecule has 24 heavy (non-hydrogen) atoms. The van der Waals surface area contributed by atoms with Crippen molar-refractivity contribution >= 4 is 33.6 Å². The van der Waals surface area contributed by atoms with Gasteiger partial charge in [-0.25, -0.2) is 4.79 Å². The summed E-state index contributed by atoms with van der Waals surface area (Å²) < 4.78 is 22.7. The molecule has 0 unspecified atom stereocenters. The normalized spacial score (nSPS) is 15.1. The smallest absolute Gasteiger partial charge is 0.325 e. The summed E-state index contributed by atoms with van der Waals surface area (Å²) in [6.45, 7) is 1.08. The van der Waals surface area contributed by atoms with E-state index in [-0.39, 0.29) is 16.4 Å². The van der Waals surface area contributed by atoms with E-state index in [4.69, 9.17) is 0 Å². The van der Waals surface area contributed by atoms with Crippen molar-refractivity contribution < 1.29 is 18.3 Å². The van der Waals surface area contributed by atoms with Crippen molar-refractivity contribution in [1.29, 1.82) is 0 Å². The van der Waals surface area contributed by atoms with Gasteiger partial charge in [0, 0.05) is 45.4 Å². The summed E-state index contributed by atoms with van der Waals surface area (Å²) in [6.07, 6.45) is 3.71. The zero-order chi connectivity index (χ0) is 18.3. The maximum Gasteiger partial charge on any atom is 0.325 e. The van der Waals surface area contributed by atoms with Gasteiger partial charge in [-0.1, -0.05) is 0 Å². The average Bonchev–Trinajstić information content (AvgIpc) is 2.44. The summed E-state index contributed by atoms with van der Waals surface area (Å²) >= 11 is 0.